The lowest BCUT2D eigenvalue weighted by Crippen LogP contribution is -2.47. The first kappa shape index (κ1) is 44.1. The zero-order chi connectivity index (χ0) is 51.0. The third kappa shape index (κ3) is 5.90. The van der Waals surface area contributed by atoms with Gasteiger partial charge in [-0.2, -0.15) is 0 Å². The van der Waals surface area contributed by atoms with E-state index in [4.69, 9.17) is 0 Å². The lowest BCUT2D eigenvalue weighted by atomic mass is 9.50. The number of para-hydroxylation sites is 1. The van der Waals surface area contributed by atoms with E-state index in [1.54, 1.807) is 0 Å². The molecule has 0 fully saturated rings. The van der Waals surface area contributed by atoms with Crippen molar-refractivity contribution >= 4 is 49.6 Å². The highest BCUT2D eigenvalue weighted by Crippen LogP contribution is 2.67. The minimum Gasteiger partial charge on any atom is -0.310 e. The molecule has 0 amide bonds. The molecule has 2 nitrogen and oxygen atoms in total. The maximum Gasteiger partial charge on any atom is 0.0708 e. The predicted molar refractivity (Wildman–Crippen MR) is 321 cm³/mol. The third-order valence-electron chi connectivity index (χ3n) is 18.3. The summed E-state index contributed by atoms with van der Waals surface area (Å²) in [6, 6.07) is 94.5. The first-order valence-corrected chi connectivity index (χ1v) is 27.4. The van der Waals surface area contributed by atoms with Crippen LogP contribution in [0.1, 0.15) is 70.3 Å². The Morgan fingerprint density at radius 3 is 1.86 bits per heavy atom. The molecular weight excluding hydrogens is 929 g/mol. The number of nitrogens with zero attached hydrogens (tertiary/aromatic N) is 2. The third-order valence-corrected chi connectivity index (χ3v) is 18.3. The van der Waals surface area contributed by atoms with Crippen molar-refractivity contribution in [1.82, 2.24) is 4.57 Å². The molecule has 0 saturated heterocycles. The number of fused-ring (bicyclic) bond motifs is 13. The molecular formula is C75H54N2. The number of rotatable bonds is 7. The Labute approximate surface area is 450 Å². The Morgan fingerprint density at radius 2 is 1.04 bits per heavy atom. The van der Waals surface area contributed by atoms with Crippen LogP contribution in [0.5, 0.6) is 0 Å². The maximum absolute atomic E-state index is 2.52. The number of benzene rings is 11. The summed E-state index contributed by atoms with van der Waals surface area (Å²) in [6.07, 6.45) is 10.3. The van der Waals surface area contributed by atoms with Crippen molar-refractivity contribution < 1.29 is 0 Å². The number of allylic oxidation sites excluding steroid dienone is 4. The molecule has 16 rings (SSSR count). The second-order valence-electron chi connectivity index (χ2n) is 22.2. The van der Waals surface area contributed by atoms with Gasteiger partial charge < -0.3 is 9.47 Å². The molecule has 12 aromatic rings. The van der Waals surface area contributed by atoms with Crippen LogP contribution in [0.25, 0.3) is 60.5 Å². The van der Waals surface area contributed by atoms with Crippen molar-refractivity contribution in [2.45, 2.75) is 36.5 Å². The summed E-state index contributed by atoms with van der Waals surface area (Å²) < 4.78 is 2.47. The lowest BCUT2D eigenvalue weighted by Gasteiger charge is -2.51. The minimum atomic E-state index is -0.671. The summed E-state index contributed by atoms with van der Waals surface area (Å²) in [5.74, 6) is 0.229. The van der Waals surface area contributed by atoms with Gasteiger partial charge in [-0.15, -0.1) is 0 Å². The van der Waals surface area contributed by atoms with Crippen LogP contribution in [0, 0.1) is 5.92 Å². The molecule has 0 bridgehead atoms. The zero-order valence-corrected chi connectivity index (χ0v) is 43.2. The van der Waals surface area contributed by atoms with Gasteiger partial charge in [0.1, 0.15) is 0 Å². The summed E-state index contributed by atoms with van der Waals surface area (Å²) in [4.78, 5) is 2.51. The second-order valence-corrected chi connectivity index (χ2v) is 22.2. The van der Waals surface area contributed by atoms with Crippen molar-refractivity contribution in [3.8, 4) is 27.9 Å². The number of anilines is 3. The predicted octanol–water partition coefficient (Wildman–Crippen LogP) is 18.9. The van der Waals surface area contributed by atoms with E-state index in [1.807, 2.05) is 0 Å². The van der Waals surface area contributed by atoms with E-state index in [1.165, 1.54) is 105 Å². The smallest absolute Gasteiger partial charge is 0.0708 e. The van der Waals surface area contributed by atoms with Gasteiger partial charge in [-0.25, -0.2) is 0 Å². The minimum absolute atomic E-state index is 0.178. The molecule has 4 aliphatic carbocycles. The van der Waals surface area contributed by atoms with Gasteiger partial charge in [0.2, 0.25) is 0 Å². The Balaban J connectivity index is 0.944. The molecule has 4 aliphatic rings. The van der Waals surface area contributed by atoms with E-state index in [9.17, 15) is 0 Å². The SMILES string of the molecule is CC1(C)c2ccccc2-c2ccc(N(c3ccc(-n4c5ccccc5c5ccc6ccccc6c54)cc3)c3cccc(C4(c5ccccc5)c5ccccc5C5(C6C=CC=CC6)c6ccccc6-c6cccc4c65)c3)cc21. The number of hydrogen-bond acceptors (Lipinski definition) is 1. The van der Waals surface area contributed by atoms with Gasteiger partial charge in [-0.3, -0.25) is 0 Å². The molecule has 0 saturated carbocycles. The molecule has 77 heavy (non-hydrogen) atoms. The van der Waals surface area contributed by atoms with Crippen LogP contribution in [0.15, 0.2) is 273 Å². The Hall–Kier alpha value is -9.24. The second kappa shape index (κ2) is 16.4. The van der Waals surface area contributed by atoms with Gasteiger partial charge in [0.05, 0.1) is 21.9 Å². The normalized spacial score (nSPS) is 19.0. The first-order chi connectivity index (χ1) is 38.0. The standard InChI is InChI=1S/C75H54N2/c1-73(2)64-33-14-11-29-58(64)60-46-44-56(48-69(60)73)76(53-40-42-54(43-41-53)77-70-38-18-13-31-61(70)63-45-39-49-21-9-10-28-57(49)72(63)77)55-27-19-26-52(47-55)74(50-22-5-3-6-23-50)66-35-16-17-36-67(66)75(51-24-7-4-8-25-51)65-34-15-12-30-59(65)62-32-20-37-68(74)71(62)75/h3-24,26-48,51H,25H2,1-2H3. The largest absolute Gasteiger partial charge is 0.310 e. The van der Waals surface area contributed by atoms with Gasteiger partial charge >= 0.3 is 0 Å². The highest BCUT2D eigenvalue weighted by molar-refractivity contribution is 6.18. The average Bonchev–Trinajstić information content (AvgIpc) is 4.31. The Kier molecular flexibility index (Phi) is 9.38. The Bertz CT molecular complexity index is 4470. The molecule has 364 valence electrons. The van der Waals surface area contributed by atoms with Crippen LogP contribution in [-0.2, 0) is 16.2 Å². The van der Waals surface area contributed by atoms with E-state index in [2.05, 4.69) is 296 Å². The molecule has 0 N–H and O–H groups in total. The summed E-state index contributed by atoms with van der Waals surface area (Å²) >= 11 is 0. The van der Waals surface area contributed by atoms with E-state index >= 15 is 0 Å². The Morgan fingerprint density at radius 1 is 0.416 bits per heavy atom. The molecule has 2 heteroatoms. The van der Waals surface area contributed by atoms with Crippen LogP contribution in [0.4, 0.5) is 17.1 Å². The molecule has 3 atom stereocenters. The van der Waals surface area contributed by atoms with Crippen LogP contribution in [-0.4, -0.2) is 4.57 Å². The molecule has 11 aromatic carbocycles. The molecule has 3 unspecified atom stereocenters. The highest BCUT2D eigenvalue weighted by atomic mass is 15.1. The summed E-state index contributed by atoms with van der Waals surface area (Å²) in [5, 5.41) is 5.00. The fourth-order valence-corrected chi connectivity index (χ4v) is 15.2. The molecule has 0 spiro atoms. The van der Waals surface area contributed by atoms with Gasteiger partial charge in [0.15, 0.2) is 0 Å². The summed E-state index contributed by atoms with van der Waals surface area (Å²) in [7, 11) is 0. The van der Waals surface area contributed by atoms with Crippen molar-refractivity contribution in [2.75, 3.05) is 4.90 Å². The molecule has 1 heterocycles. The lowest BCUT2D eigenvalue weighted by molar-refractivity contribution is 0.431. The quantitative estimate of drug-likeness (QED) is 0.154. The van der Waals surface area contributed by atoms with E-state index < -0.39 is 5.41 Å². The van der Waals surface area contributed by atoms with E-state index in [0.717, 1.165) is 29.2 Å². The molecule has 1 aromatic heterocycles. The summed E-state index contributed by atoms with van der Waals surface area (Å²) in [5.41, 5.74) is 23.1. The van der Waals surface area contributed by atoms with Crippen LogP contribution in [0.3, 0.4) is 0 Å². The number of hydrogen-bond donors (Lipinski definition) is 0. The highest BCUT2D eigenvalue weighted by Gasteiger charge is 2.59. The van der Waals surface area contributed by atoms with Crippen LogP contribution >= 0.6 is 0 Å². The monoisotopic (exact) mass is 982 g/mol. The van der Waals surface area contributed by atoms with E-state index in [-0.39, 0.29) is 16.7 Å². The van der Waals surface area contributed by atoms with Crippen molar-refractivity contribution in [3.63, 3.8) is 0 Å². The first-order valence-electron chi connectivity index (χ1n) is 27.4. The molecule has 0 aliphatic heterocycles. The van der Waals surface area contributed by atoms with Gasteiger partial charge in [-0.05, 0) is 145 Å². The van der Waals surface area contributed by atoms with Gasteiger partial charge in [0.25, 0.3) is 0 Å². The number of aromatic nitrogens is 1. The van der Waals surface area contributed by atoms with Crippen molar-refractivity contribution in [1.29, 1.82) is 0 Å². The maximum atomic E-state index is 2.52. The van der Waals surface area contributed by atoms with Crippen LogP contribution in [0.2, 0.25) is 0 Å². The van der Waals surface area contributed by atoms with Crippen LogP contribution < -0.4 is 4.90 Å². The van der Waals surface area contributed by atoms with Gasteiger partial charge in [-0.1, -0.05) is 232 Å². The average molecular weight is 983 g/mol. The van der Waals surface area contributed by atoms with Crippen molar-refractivity contribution in [3.05, 3.63) is 323 Å². The van der Waals surface area contributed by atoms with E-state index in [0.29, 0.717) is 0 Å². The van der Waals surface area contributed by atoms with Crippen molar-refractivity contribution in [2.24, 2.45) is 5.92 Å². The summed E-state index contributed by atoms with van der Waals surface area (Å²) in [6.45, 7) is 4.77. The topological polar surface area (TPSA) is 8.17 Å². The fourth-order valence-electron chi connectivity index (χ4n) is 15.2. The fraction of sp³-hybridized carbons (Fsp3) is 0.0933. The zero-order valence-electron chi connectivity index (χ0n) is 43.2. The molecule has 0 radical (unpaired) electrons. The van der Waals surface area contributed by atoms with Gasteiger partial charge in [0, 0.05) is 44.3 Å².